The second-order valence-electron chi connectivity index (χ2n) is 8.44. The Hall–Kier alpha value is -4.32. The highest BCUT2D eigenvalue weighted by Gasteiger charge is 2.37. The molecule has 3 aromatic carbocycles. The fourth-order valence-electron chi connectivity index (χ4n) is 5.04. The number of aromatic amines is 1. The number of nitrogens with one attached hydrogen (secondary N) is 1. The Morgan fingerprint density at radius 3 is 2.68 bits per heavy atom. The van der Waals surface area contributed by atoms with E-state index in [4.69, 9.17) is 9.15 Å². The highest BCUT2D eigenvalue weighted by atomic mass is 16.5. The lowest BCUT2D eigenvalue weighted by atomic mass is 9.91. The molecule has 34 heavy (non-hydrogen) atoms. The largest absolute Gasteiger partial charge is 0.496 e. The number of carbonyl (C=O) groups excluding carboxylic acids is 1. The molecule has 2 aromatic heterocycles. The van der Waals surface area contributed by atoms with Crippen LogP contribution in [0.2, 0.25) is 0 Å². The number of para-hydroxylation sites is 3. The van der Waals surface area contributed by atoms with Gasteiger partial charge >= 0.3 is 5.63 Å². The van der Waals surface area contributed by atoms with Gasteiger partial charge < -0.3 is 19.0 Å². The monoisotopic (exact) mass is 450 g/mol. The summed E-state index contributed by atoms with van der Waals surface area (Å²) in [5.41, 5.74) is 3.85. The fourth-order valence-corrected chi connectivity index (χ4v) is 5.04. The number of rotatable bonds is 3. The molecule has 0 bridgehead atoms. The fraction of sp³-hybridized carbons (Fsp3) is 0.143. The van der Waals surface area contributed by atoms with E-state index in [0.717, 1.165) is 22.2 Å². The van der Waals surface area contributed by atoms with Gasteiger partial charge in [-0.15, -0.1) is 0 Å². The van der Waals surface area contributed by atoms with Crippen LogP contribution < -0.4 is 10.4 Å². The van der Waals surface area contributed by atoms with E-state index in [0.29, 0.717) is 29.7 Å². The summed E-state index contributed by atoms with van der Waals surface area (Å²) in [4.78, 5) is 32.0. The summed E-state index contributed by atoms with van der Waals surface area (Å²) in [6.07, 6.45) is 0.676. The van der Waals surface area contributed by atoms with Crippen molar-refractivity contribution in [2.24, 2.45) is 0 Å². The molecule has 0 fully saturated rings. The summed E-state index contributed by atoms with van der Waals surface area (Å²) < 4.78 is 11.1. The van der Waals surface area contributed by atoms with Crippen LogP contribution in [-0.4, -0.2) is 29.4 Å². The molecule has 0 spiro atoms. The summed E-state index contributed by atoms with van der Waals surface area (Å²) >= 11 is 0. The average molecular weight is 450 g/mol. The minimum atomic E-state index is -0.634. The zero-order valence-electron chi connectivity index (χ0n) is 18.6. The van der Waals surface area contributed by atoms with Crippen molar-refractivity contribution in [3.8, 4) is 5.75 Å². The van der Waals surface area contributed by atoms with E-state index in [1.807, 2.05) is 54.6 Å². The summed E-state index contributed by atoms with van der Waals surface area (Å²) in [5, 5.41) is 1.86. The standard InChI is InChI=1S/C28H22N2O4/c1-33-24-13-7-4-10-20(24)26-25-19(18-9-3-5-11-22(18)29-25)14-15-30(26)27(31)21-16-17-8-2-6-12-23(17)34-28(21)32/h2-13,16,26,29H,14-15H2,1H3. The molecule has 0 saturated carbocycles. The number of hydrogen-bond acceptors (Lipinski definition) is 4. The van der Waals surface area contributed by atoms with Gasteiger partial charge in [-0.25, -0.2) is 4.79 Å². The quantitative estimate of drug-likeness (QED) is 0.390. The van der Waals surface area contributed by atoms with Crippen LogP contribution in [0.4, 0.5) is 0 Å². The smallest absolute Gasteiger partial charge is 0.349 e. The van der Waals surface area contributed by atoms with Gasteiger partial charge in [-0.05, 0) is 36.2 Å². The Morgan fingerprint density at radius 1 is 1.03 bits per heavy atom. The van der Waals surface area contributed by atoms with Gasteiger partial charge in [0.1, 0.15) is 22.9 Å². The van der Waals surface area contributed by atoms with Gasteiger partial charge in [-0.3, -0.25) is 4.79 Å². The van der Waals surface area contributed by atoms with Crippen molar-refractivity contribution in [3.05, 3.63) is 112 Å². The van der Waals surface area contributed by atoms with E-state index in [9.17, 15) is 9.59 Å². The molecule has 1 N–H and O–H groups in total. The molecule has 168 valence electrons. The van der Waals surface area contributed by atoms with Gasteiger partial charge in [0, 0.05) is 34.1 Å². The predicted molar refractivity (Wildman–Crippen MR) is 130 cm³/mol. The molecule has 1 amide bonds. The summed E-state index contributed by atoms with van der Waals surface area (Å²) in [6.45, 7) is 0.461. The number of H-pyrrole nitrogens is 1. The Labute approximate surface area is 195 Å². The first-order valence-corrected chi connectivity index (χ1v) is 11.2. The second-order valence-corrected chi connectivity index (χ2v) is 8.44. The molecular weight excluding hydrogens is 428 g/mol. The molecule has 5 aromatic rings. The number of ether oxygens (including phenoxy) is 1. The van der Waals surface area contributed by atoms with Crippen LogP contribution in [-0.2, 0) is 6.42 Å². The molecule has 6 rings (SSSR count). The van der Waals surface area contributed by atoms with Crippen molar-refractivity contribution >= 4 is 27.8 Å². The topological polar surface area (TPSA) is 75.5 Å². The van der Waals surface area contributed by atoms with Crippen LogP contribution in [0, 0.1) is 0 Å². The van der Waals surface area contributed by atoms with Gasteiger partial charge in [-0.2, -0.15) is 0 Å². The van der Waals surface area contributed by atoms with Gasteiger partial charge in [0.05, 0.1) is 7.11 Å². The van der Waals surface area contributed by atoms with Crippen LogP contribution in [0.3, 0.4) is 0 Å². The number of hydrogen-bond donors (Lipinski definition) is 1. The molecule has 0 radical (unpaired) electrons. The number of methoxy groups -OCH3 is 1. The van der Waals surface area contributed by atoms with E-state index >= 15 is 0 Å². The minimum Gasteiger partial charge on any atom is -0.496 e. The average Bonchev–Trinajstić information content (AvgIpc) is 3.26. The van der Waals surface area contributed by atoms with E-state index in [-0.39, 0.29) is 11.5 Å². The van der Waals surface area contributed by atoms with Gasteiger partial charge in [0.2, 0.25) is 0 Å². The van der Waals surface area contributed by atoms with Gasteiger partial charge in [-0.1, -0.05) is 54.6 Å². The molecule has 1 aliphatic heterocycles. The number of carbonyl (C=O) groups is 1. The van der Waals surface area contributed by atoms with E-state index in [1.54, 1.807) is 30.2 Å². The molecular formula is C28H22N2O4. The predicted octanol–water partition coefficient (Wildman–Crippen LogP) is 5.07. The first kappa shape index (κ1) is 20.3. The molecule has 1 atom stereocenters. The maximum Gasteiger partial charge on any atom is 0.349 e. The van der Waals surface area contributed by atoms with Crippen molar-refractivity contribution in [1.29, 1.82) is 0 Å². The molecule has 3 heterocycles. The van der Waals surface area contributed by atoms with Crippen molar-refractivity contribution in [2.75, 3.05) is 13.7 Å². The Kier molecular flexibility index (Phi) is 4.73. The third-order valence-corrected chi connectivity index (χ3v) is 6.60. The number of amides is 1. The van der Waals surface area contributed by atoms with Crippen LogP contribution in [0.5, 0.6) is 5.75 Å². The van der Waals surface area contributed by atoms with Crippen LogP contribution in [0.25, 0.3) is 21.9 Å². The van der Waals surface area contributed by atoms with E-state index in [2.05, 4.69) is 11.1 Å². The van der Waals surface area contributed by atoms with E-state index < -0.39 is 11.7 Å². The zero-order valence-corrected chi connectivity index (χ0v) is 18.6. The van der Waals surface area contributed by atoms with Crippen molar-refractivity contribution in [1.82, 2.24) is 9.88 Å². The van der Waals surface area contributed by atoms with Crippen molar-refractivity contribution < 1.29 is 13.9 Å². The SMILES string of the molecule is COc1ccccc1C1c2[nH]c3ccccc3c2CCN1C(=O)c1cc2ccccc2oc1=O. The van der Waals surface area contributed by atoms with Gasteiger partial charge in [0.25, 0.3) is 5.91 Å². The summed E-state index contributed by atoms with van der Waals surface area (Å²) in [5.74, 6) is 0.321. The first-order valence-electron chi connectivity index (χ1n) is 11.2. The lowest BCUT2D eigenvalue weighted by Crippen LogP contribution is -2.42. The Bertz CT molecular complexity index is 1610. The van der Waals surface area contributed by atoms with Crippen LogP contribution >= 0.6 is 0 Å². The van der Waals surface area contributed by atoms with Gasteiger partial charge in [0.15, 0.2) is 0 Å². The second kappa shape index (κ2) is 7.92. The normalized spacial score (nSPS) is 15.4. The van der Waals surface area contributed by atoms with E-state index in [1.165, 1.54) is 5.56 Å². The van der Waals surface area contributed by atoms with Crippen LogP contribution in [0.15, 0.2) is 88.1 Å². The molecule has 1 aliphatic rings. The highest BCUT2D eigenvalue weighted by Crippen LogP contribution is 2.41. The van der Waals surface area contributed by atoms with Crippen molar-refractivity contribution in [2.45, 2.75) is 12.5 Å². The highest BCUT2D eigenvalue weighted by molar-refractivity contribution is 5.97. The number of fused-ring (bicyclic) bond motifs is 4. The molecule has 1 unspecified atom stereocenters. The number of aromatic nitrogens is 1. The molecule has 6 heteroatoms. The lowest BCUT2D eigenvalue weighted by Gasteiger charge is -2.36. The zero-order chi connectivity index (χ0) is 23.2. The third-order valence-electron chi connectivity index (χ3n) is 6.60. The first-order chi connectivity index (χ1) is 16.7. The third kappa shape index (κ3) is 3.10. The van der Waals surface area contributed by atoms with Crippen molar-refractivity contribution in [3.63, 3.8) is 0 Å². The number of nitrogens with zero attached hydrogens (tertiary/aromatic N) is 1. The minimum absolute atomic E-state index is 0.0261. The number of benzene rings is 3. The lowest BCUT2D eigenvalue weighted by molar-refractivity contribution is 0.0686. The summed E-state index contributed by atoms with van der Waals surface area (Å²) in [6, 6.07) is 24.2. The molecule has 6 nitrogen and oxygen atoms in total. The molecule has 0 saturated heterocycles. The summed E-state index contributed by atoms with van der Waals surface area (Å²) in [7, 11) is 1.62. The van der Waals surface area contributed by atoms with Crippen LogP contribution in [0.1, 0.15) is 33.2 Å². The maximum atomic E-state index is 13.9. The molecule has 0 aliphatic carbocycles. The maximum absolute atomic E-state index is 13.9. The Morgan fingerprint density at radius 2 is 1.79 bits per heavy atom. The Balaban J connectivity index is 1.54.